The van der Waals surface area contributed by atoms with E-state index < -0.39 is 10.0 Å². The summed E-state index contributed by atoms with van der Waals surface area (Å²) in [6.07, 6.45) is 0. The molecule has 0 amide bonds. The van der Waals surface area contributed by atoms with Crippen molar-refractivity contribution in [2.45, 2.75) is 11.8 Å². The van der Waals surface area contributed by atoms with Crippen LogP contribution in [-0.4, -0.2) is 8.42 Å². The van der Waals surface area contributed by atoms with Crippen LogP contribution in [0.4, 0.5) is 0 Å². The number of hydrogen-bond acceptors (Lipinski definition) is 4. The minimum Gasteiger partial charge on any atom is -0.205 e. The fourth-order valence-corrected chi connectivity index (χ4v) is 1.62. The lowest BCUT2D eigenvalue weighted by Crippen LogP contribution is -2.33. The van der Waals surface area contributed by atoms with Crippen molar-refractivity contribution in [3.8, 4) is 0 Å². The summed E-state index contributed by atoms with van der Waals surface area (Å²) >= 11 is 0. The second-order valence-electron chi connectivity index (χ2n) is 2.62. The van der Waals surface area contributed by atoms with E-state index in [4.69, 9.17) is 0 Å². The molecule has 0 aromatic heterocycles. The van der Waals surface area contributed by atoms with Crippen LogP contribution in [0.1, 0.15) is 5.56 Å². The molecule has 1 aromatic rings. The fraction of sp³-hybridized carbons (Fsp3) is 0.143. The van der Waals surface area contributed by atoms with Gasteiger partial charge in [-0.1, -0.05) is 17.7 Å². The van der Waals surface area contributed by atoms with Gasteiger partial charge in [0.2, 0.25) is 0 Å². The molecule has 0 heterocycles. The van der Waals surface area contributed by atoms with Crippen molar-refractivity contribution in [3.63, 3.8) is 0 Å². The first kappa shape index (κ1) is 10.6. The summed E-state index contributed by atoms with van der Waals surface area (Å²) in [5, 5.41) is 2.17. The molecule has 76 valence electrons. The summed E-state index contributed by atoms with van der Waals surface area (Å²) in [6, 6.07) is 6.18. The van der Waals surface area contributed by atoms with E-state index in [1.54, 1.807) is 22.5 Å². The van der Waals surface area contributed by atoms with Crippen LogP contribution in [0.5, 0.6) is 0 Å². The van der Waals surface area contributed by atoms with Crippen molar-refractivity contribution >= 4 is 10.0 Å². The Balaban J connectivity index is 2.93. The molecule has 6 nitrogen and oxygen atoms in total. The molecule has 0 atom stereocenters. The zero-order valence-electron chi connectivity index (χ0n) is 7.39. The van der Waals surface area contributed by atoms with Crippen LogP contribution in [0.15, 0.2) is 34.4 Å². The van der Waals surface area contributed by atoms with E-state index in [1.165, 1.54) is 12.1 Å². The van der Waals surface area contributed by atoms with Gasteiger partial charge in [-0.15, -0.1) is 9.74 Å². The van der Waals surface area contributed by atoms with Gasteiger partial charge in [0, 0.05) is 0 Å². The van der Waals surface area contributed by atoms with Crippen LogP contribution in [0.2, 0.25) is 0 Å². The molecule has 0 fully saturated rings. The number of nitrogens with zero attached hydrogens (tertiary/aromatic N) is 1. The van der Waals surface area contributed by atoms with Gasteiger partial charge >= 0.3 is 0 Å². The SMILES string of the molecule is Cc1ccc(S(=O)(=O)NNN=O)cc1. The van der Waals surface area contributed by atoms with Gasteiger partial charge in [0.25, 0.3) is 10.0 Å². The van der Waals surface area contributed by atoms with Crippen molar-refractivity contribution < 1.29 is 8.42 Å². The molecule has 0 spiro atoms. The number of nitrogens with one attached hydrogen (secondary N) is 2. The Morgan fingerprint density at radius 2 is 1.79 bits per heavy atom. The number of benzene rings is 1. The van der Waals surface area contributed by atoms with Crippen LogP contribution < -0.4 is 10.4 Å². The van der Waals surface area contributed by atoms with Crippen LogP contribution in [0.3, 0.4) is 0 Å². The summed E-state index contributed by atoms with van der Waals surface area (Å²) in [5.41, 5.74) is 2.58. The lowest BCUT2D eigenvalue weighted by Gasteiger charge is -2.03. The van der Waals surface area contributed by atoms with E-state index >= 15 is 0 Å². The first-order valence-corrected chi connectivity index (χ1v) is 5.20. The van der Waals surface area contributed by atoms with Gasteiger partial charge in [-0.3, -0.25) is 0 Å². The molecule has 0 saturated carbocycles. The maximum atomic E-state index is 11.3. The summed E-state index contributed by atoms with van der Waals surface area (Å²) in [4.78, 5) is 11.5. The molecule has 0 aliphatic heterocycles. The largest absolute Gasteiger partial charge is 0.258 e. The van der Waals surface area contributed by atoms with Gasteiger partial charge in [-0.25, -0.2) is 8.42 Å². The predicted octanol–water partition coefficient (Wildman–Crippen LogP) is 0.459. The van der Waals surface area contributed by atoms with Crippen LogP contribution in [-0.2, 0) is 10.0 Å². The lowest BCUT2D eigenvalue weighted by molar-refractivity contribution is 0.561. The van der Waals surface area contributed by atoms with Crippen LogP contribution in [0, 0.1) is 11.8 Å². The van der Waals surface area contributed by atoms with Crippen molar-refractivity contribution in [1.29, 1.82) is 0 Å². The molecule has 0 radical (unpaired) electrons. The molecule has 2 N–H and O–H groups in total. The first-order chi connectivity index (χ1) is 6.56. The summed E-state index contributed by atoms with van der Waals surface area (Å²) in [6.45, 7) is 1.84. The van der Waals surface area contributed by atoms with E-state index in [0.717, 1.165) is 5.56 Å². The lowest BCUT2D eigenvalue weighted by atomic mass is 10.2. The molecular formula is C7H9N3O3S. The monoisotopic (exact) mass is 215 g/mol. The average molecular weight is 215 g/mol. The molecule has 0 unspecified atom stereocenters. The van der Waals surface area contributed by atoms with Crippen molar-refractivity contribution in [2.24, 2.45) is 5.29 Å². The molecule has 1 rings (SSSR count). The standard InChI is InChI=1S/C7H9N3O3S/c1-6-2-4-7(5-3-6)14(12,13)10-8-9-11/h2-5H,1H3,(H,8,11)(H,9,10). The Hall–Kier alpha value is -1.47. The highest BCUT2D eigenvalue weighted by atomic mass is 32.2. The smallest absolute Gasteiger partial charge is 0.205 e. The number of sulfonamides is 1. The molecule has 0 aliphatic rings. The first-order valence-electron chi connectivity index (χ1n) is 3.72. The third kappa shape index (κ3) is 2.51. The second-order valence-corrected chi connectivity index (χ2v) is 4.30. The van der Waals surface area contributed by atoms with Crippen molar-refractivity contribution in [3.05, 3.63) is 34.7 Å². The molecule has 14 heavy (non-hydrogen) atoms. The van der Waals surface area contributed by atoms with Crippen molar-refractivity contribution in [1.82, 2.24) is 10.4 Å². The van der Waals surface area contributed by atoms with E-state index in [9.17, 15) is 13.3 Å². The van der Waals surface area contributed by atoms with E-state index in [2.05, 4.69) is 5.29 Å². The highest BCUT2D eigenvalue weighted by Crippen LogP contribution is 2.08. The summed E-state index contributed by atoms with van der Waals surface area (Å²) in [7, 11) is -3.69. The Morgan fingerprint density at radius 1 is 1.21 bits per heavy atom. The minimum absolute atomic E-state index is 0.0688. The molecule has 7 heteroatoms. The Bertz CT molecular complexity index is 412. The minimum atomic E-state index is -3.69. The Kier molecular flexibility index (Phi) is 3.15. The van der Waals surface area contributed by atoms with Gasteiger partial charge in [-0.2, -0.15) is 5.53 Å². The van der Waals surface area contributed by atoms with Gasteiger partial charge in [0.15, 0.2) is 0 Å². The highest BCUT2D eigenvalue weighted by molar-refractivity contribution is 7.89. The molecule has 1 aromatic carbocycles. The Morgan fingerprint density at radius 3 is 2.29 bits per heavy atom. The Labute approximate surface area is 81.3 Å². The number of rotatable bonds is 4. The number of hydrogen-bond donors (Lipinski definition) is 2. The van der Waals surface area contributed by atoms with Crippen molar-refractivity contribution in [2.75, 3.05) is 0 Å². The zero-order valence-corrected chi connectivity index (χ0v) is 8.21. The van der Waals surface area contributed by atoms with Gasteiger partial charge in [0.1, 0.15) is 0 Å². The number of nitroso groups, excluding NO2 is 1. The van der Waals surface area contributed by atoms with Gasteiger partial charge in [0.05, 0.1) is 10.2 Å². The maximum Gasteiger partial charge on any atom is 0.258 e. The van der Waals surface area contributed by atoms with Crippen LogP contribution in [0.25, 0.3) is 0 Å². The third-order valence-corrected chi connectivity index (χ3v) is 2.81. The molecule has 0 aliphatic carbocycles. The molecular weight excluding hydrogens is 206 g/mol. The van der Waals surface area contributed by atoms with Gasteiger partial charge < -0.3 is 0 Å². The second kappa shape index (κ2) is 4.16. The summed E-state index contributed by atoms with van der Waals surface area (Å²) in [5.74, 6) is 0. The topological polar surface area (TPSA) is 87.6 Å². The van der Waals surface area contributed by atoms with E-state index in [-0.39, 0.29) is 4.90 Å². The average Bonchev–Trinajstić information content (AvgIpc) is 2.16. The maximum absolute atomic E-state index is 11.3. The van der Waals surface area contributed by atoms with E-state index in [1.807, 2.05) is 6.92 Å². The molecule has 0 bridgehead atoms. The zero-order chi connectivity index (χ0) is 10.6. The third-order valence-electron chi connectivity index (χ3n) is 1.56. The quantitative estimate of drug-likeness (QED) is 0.564. The molecule has 0 saturated heterocycles. The van der Waals surface area contributed by atoms with E-state index in [0.29, 0.717) is 0 Å². The predicted molar refractivity (Wildman–Crippen MR) is 50.4 cm³/mol. The summed E-state index contributed by atoms with van der Waals surface area (Å²) < 4.78 is 22.7. The highest BCUT2D eigenvalue weighted by Gasteiger charge is 2.12. The van der Waals surface area contributed by atoms with Crippen LogP contribution >= 0.6 is 0 Å². The number of hydrazine groups is 1. The number of aryl methyl sites for hydroxylation is 1. The fourth-order valence-electron chi connectivity index (χ4n) is 0.855. The normalized spacial score (nSPS) is 10.9. The van der Waals surface area contributed by atoms with Gasteiger partial charge in [-0.05, 0) is 19.1 Å².